The molecule has 11 heavy (non-hydrogen) atoms. The van der Waals surface area contributed by atoms with E-state index in [4.69, 9.17) is 9.15 Å². The average molecular weight is 155 g/mol. The van der Waals surface area contributed by atoms with Crippen LogP contribution in [0.2, 0.25) is 0 Å². The summed E-state index contributed by atoms with van der Waals surface area (Å²) in [6.07, 6.45) is 2.37. The number of ether oxygens (including phenoxy) is 1. The smallest absolute Gasteiger partial charge is 0.106 e. The van der Waals surface area contributed by atoms with E-state index in [2.05, 4.69) is 0 Å². The average Bonchev–Trinajstić information content (AvgIpc) is 2.50. The fraction of sp³-hybridized carbons (Fsp3) is 0.500. The van der Waals surface area contributed by atoms with E-state index in [0.29, 0.717) is 13.2 Å². The molecular formula is C8H11O3. The number of hydrogen-bond donors (Lipinski definition) is 0. The quantitative estimate of drug-likeness (QED) is 0.601. The van der Waals surface area contributed by atoms with E-state index in [1.54, 1.807) is 6.26 Å². The minimum atomic E-state index is -0.168. The lowest BCUT2D eigenvalue weighted by Crippen LogP contribution is -2.01. The minimum absolute atomic E-state index is 0.168. The molecule has 0 bridgehead atoms. The summed E-state index contributed by atoms with van der Waals surface area (Å²) < 4.78 is 10.0. The zero-order chi connectivity index (χ0) is 7.94. The van der Waals surface area contributed by atoms with Gasteiger partial charge in [0, 0.05) is 6.42 Å². The first-order valence-electron chi connectivity index (χ1n) is 3.61. The van der Waals surface area contributed by atoms with Gasteiger partial charge in [0.15, 0.2) is 0 Å². The van der Waals surface area contributed by atoms with Gasteiger partial charge in [-0.05, 0) is 12.1 Å². The predicted molar refractivity (Wildman–Crippen MR) is 38.8 cm³/mol. The molecule has 0 aliphatic heterocycles. The summed E-state index contributed by atoms with van der Waals surface area (Å²) in [5, 5.41) is 9.94. The van der Waals surface area contributed by atoms with Crippen LogP contribution >= 0.6 is 0 Å². The molecule has 0 N–H and O–H groups in total. The lowest BCUT2D eigenvalue weighted by atomic mass is 10.3. The summed E-state index contributed by atoms with van der Waals surface area (Å²) in [5.41, 5.74) is 0. The monoisotopic (exact) mass is 155 g/mol. The van der Waals surface area contributed by atoms with E-state index in [-0.39, 0.29) is 6.61 Å². The molecule has 0 aliphatic rings. The van der Waals surface area contributed by atoms with Crippen LogP contribution in [0.1, 0.15) is 5.76 Å². The van der Waals surface area contributed by atoms with Gasteiger partial charge in [0.1, 0.15) is 12.4 Å². The Morgan fingerprint density at radius 1 is 1.45 bits per heavy atom. The molecular weight excluding hydrogens is 144 g/mol. The van der Waals surface area contributed by atoms with Gasteiger partial charge < -0.3 is 9.15 Å². The SMILES string of the molecule is [O]CCOCCc1ccco1. The molecule has 3 nitrogen and oxygen atoms in total. The molecule has 0 fully saturated rings. The van der Waals surface area contributed by atoms with E-state index < -0.39 is 0 Å². The zero-order valence-electron chi connectivity index (χ0n) is 6.29. The summed E-state index contributed by atoms with van der Waals surface area (Å²) >= 11 is 0. The maximum atomic E-state index is 9.94. The van der Waals surface area contributed by atoms with Crippen LogP contribution in [-0.2, 0) is 16.3 Å². The van der Waals surface area contributed by atoms with E-state index in [0.717, 1.165) is 12.2 Å². The normalized spacial score (nSPS) is 10.3. The van der Waals surface area contributed by atoms with E-state index >= 15 is 0 Å². The van der Waals surface area contributed by atoms with Gasteiger partial charge in [-0.15, -0.1) is 0 Å². The van der Waals surface area contributed by atoms with Crippen LogP contribution in [0.3, 0.4) is 0 Å². The maximum absolute atomic E-state index is 9.94. The van der Waals surface area contributed by atoms with Crippen molar-refractivity contribution >= 4 is 0 Å². The zero-order valence-corrected chi connectivity index (χ0v) is 6.29. The summed E-state index contributed by atoms with van der Waals surface area (Å²) in [7, 11) is 0. The molecule has 1 radical (unpaired) electrons. The Bertz CT molecular complexity index is 169. The standard InChI is InChI=1S/C8H11O3/c9-4-7-10-6-3-8-2-1-5-11-8/h1-2,5H,3-4,6-7H2. The molecule has 0 unspecified atom stereocenters. The van der Waals surface area contributed by atoms with Crippen LogP contribution < -0.4 is 0 Å². The van der Waals surface area contributed by atoms with Crippen molar-refractivity contribution in [3.05, 3.63) is 24.2 Å². The molecule has 0 atom stereocenters. The molecule has 3 heteroatoms. The van der Waals surface area contributed by atoms with Crippen LogP contribution in [0.25, 0.3) is 0 Å². The Hall–Kier alpha value is -0.800. The van der Waals surface area contributed by atoms with Crippen LogP contribution in [0, 0.1) is 0 Å². The molecule has 1 aromatic heterocycles. The summed E-state index contributed by atoms with van der Waals surface area (Å²) in [4.78, 5) is 0. The highest BCUT2D eigenvalue weighted by Crippen LogP contribution is 2.00. The van der Waals surface area contributed by atoms with Gasteiger partial charge in [-0.25, -0.2) is 5.11 Å². The second-order valence-electron chi connectivity index (χ2n) is 2.15. The molecule has 61 valence electrons. The van der Waals surface area contributed by atoms with Crippen molar-refractivity contribution in [1.82, 2.24) is 0 Å². The maximum Gasteiger partial charge on any atom is 0.106 e. The molecule has 1 aromatic rings. The van der Waals surface area contributed by atoms with Gasteiger partial charge >= 0.3 is 0 Å². The molecule has 0 amide bonds. The third-order valence-electron chi connectivity index (χ3n) is 1.30. The van der Waals surface area contributed by atoms with Gasteiger partial charge in [0.05, 0.1) is 19.5 Å². The first-order valence-corrected chi connectivity index (χ1v) is 3.61. The second kappa shape index (κ2) is 4.93. The Labute approximate surface area is 65.6 Å². The van der Waals surface area contributed by atoms with E-state index in [1.165, 1.54) is 0 Å². The Morgan fingerprint density at radius 3 is 3.00 bits per heavy atom. The van der Waals surface area contributed by atoms with E-state index in [9.17, 15) is 5.11 Å². The fourth-order valence-corrected chi connectivity index (χ4v) is 0.789. The van der Waals surface area contributed by atoms with Crippen LogP contribution in [0.4, 0.5) is 0 Å². The number of rotatable bonds is 5. The van der Waals surface area contributed by atoms with Crippen molar-refractivity contribution in [3.63, 3.8) is 0 Å². The van der Waals surface area contributed by atoms with Crippen molar-refractivity contribution in [1.29, 1.82) is 0 Å². The van der Waals surface area contributed by atoms with Crippen LogP contribution in [0.5, 0.6) is 0 Å². The summed E-state index contributed by atoms with van der Waals surface area (Å²) in [5.74, 6) is 0.899. The molecule has 1 heterocycles. The van der Waals surface area contributed by atoms with Crippen LogP contribution in [-0.4, -0.2) is 19.8 Å². The first-order chi connectivity index (χ1) is 5.43. The van der Waals surface area contributed by atoms with Crippen molar-refractivity contribution in [2.75, 3.05) is 19.8 Å². The van der Waals surface area contributed by atoms with Crippen molar-refractivity contribution < 1.29 is 14.3 Å². The summed E-state index contributed by atoms with van der Waals surface area (Å²) in [6, 6.07) is 3.73. The third kappa shape index (κ3) is 3.20. The Balaban J connectivity index is 2.04. The Morgan fingerprint density at radius 2 is 2.36 bits per heavy atom. The number of hydrogen-bond acceptors (Lipinski definition) is 2. The molecule has 0 spiro atoms. The highest BCUT2D eigenvalue weighted by Gasteiger charge is 1.94. The first kappa shape index (κ1) is 8.30. The molecule has 0 aromatic carbocycles. The van der Waals surface area contributed by atoms with Gasteiger partial charge in [-0.2, -0.15) is 0 Å². The van der Waals surface area contributed by atoms with Gasteiger partial charge in [0.2, 0.25) is 0 Å². The molecule has 0 aliphatic carbocycles. The molecule has 0 saturated heterocycles. The van der Waals surface area contributed by atoms with Gasteiger partial charge in [-0.1, -0.05) is 0 Å². The molecule has 0 saturated carbocycles. The fourth-order valence-electron chi connectivity index (χ4n) is 0.789. The third-order valence-corrected chi connectivity index (χ3v) is 1.30. The highest BCUT2D eigenvalue weighted by atomic mass is 16.5. The predicted octanol–water partition coefficient (Wildman–Crippen LogP) is 1.27. The second-order valence-corrected chi connectivity index (χ2v) is 2.15. The van der Waals surface area contributed by atoms with Crippen LogP contribution in [0.15, 0.2) is 22.8 Å². The van der Waals surface area contributed by atoms with Crippen molar-refractivity contribution in [2.24, 2.45) is 0 Å². The molecule has 1 rings (SSSR count). The van der Waals surface area contributed by atoms with Gasteiger partial charge in [-0.3, -0.25) is 0 Å². The Kier molecular flexibility index (Phi) is 3.72. The highest BCUT2D eigenvalue weighted by molar-refractivity contribution is 4.97. The topological polar surface area (TPSA) is 42.3 Å². The van der Waals surface area contributed by atoms with Gasteiger partial charge in [0.25, 0.3) is 0 Å². The lowest BCUT2D eigenvalue weighted by molar-refractivity contribution is 0.0638. The number of furan rings is 1. The van der Waals surface area contributed by atoms with E-state index in [1.807, 2.05) is 12.1 Å². The lowest BCUT2D eigenvalue weighted by Gasteiger charge is -1.97. The van der Waals surface area contributed by atoms with Crippen molar-refractivity contribution in [2.45, 2.75) is 6.42 Å². The van der Waals surface area contributed by atoms with Crippen molar-refractivity contribution in [3.8, 4) is 0 Å². The summed E-state index contributed by atoms with van der Waals surface area (Å²) in [6.45, 7) is 0.689. The largest absolute Gasteiger partial charge is 0.469 e. The minimum Gasteiger partial charge on any atom is -0.469 e.